The van der Waals surface area contributed by atoms with Crippen LogP contribution in [0.1, 0.15) is 92.1 Å². The molecule has 4 aliphatic heterocycles. The molecule has 394 valence electrons. The normalized spacial score (nSPS) is 27.2. The van der Waals surface area contributed by atoms with E-state index >= 15 is 0 Å². The number of hydrogen-bond acceptors (Lipinski definition) is 18. The van der Waals surface area contributed by atoms with Crippen LogP contribution in [0, 0.1) is 5.92 Å². The van der Waals surface area contributed by atoms with E-state index in [0.717, 1.165) is 21.9 Å². The first kappa shape index (κ1) is 57.5. The maximum Gasteiger partial charge on any atom is 0.409 e. The summed E-state index contributed by atoms with van der Waals surface area (Å²) >= 11 is 6.80. The molecule has 25 heteroatoms. The molecule has 0 aromatic heterocycles. The monoisotopic (exact) mass is 1070 g/mol. The summed E-state index contributed by atoms with van der Waals surface area (Å²) in [6.07, 6.45) is -0.390. The van der Waals surface area contributed by atoms with Gasteiger partial charge in [0.2, 0.25) is 11.8 Å². The minimum absolute atomic E-state index is 0.00994. The summed E-state index contributed by atoms with van der Waals surface area (Å²) in [5.74, 6) is -5.17. The second-order valence-electron chi connectivity index (χ2n) is 18.9. The minimum atomic E-state index is -4.97. The van der Waals surface area contributed by atoms with Crippen LogP contribution >= 0.6 is 33.2 Å². The Morgan fingerprint density at radius 1 is 1.10 bits per heavy atom. The highest BCUT2D eigenvalue weighted by Crippen LogP contribution is 2.49. The lowest BCUT2D eigenvalue weighted by atomic mass is 9.83. The zero-order valence-electron chi connectivity index (χ0n) is 41.3. The number of halogens is 1. The smallest absolute Gasteiger partial charge is 0.409 e. The number of fused-ring (bicyclic) bond motifs is 5. The molecule has 9 atom stereocenters. The topological polar surface area (TPSA) is 275 Å². The summed E-state index contributed by atoms with van der Waals surface area (Å²) < 4.78 is 62.5. The summed E-state index contributed by atoms with van der Waals surface area (Å²) in [4.78, 5) is 98.6. The van der Waals surface area contributed by atoms with Crippen molar-refractivity contribution < 1.29 is 80.2 Å². The molecule has 3 N–H and O–H groups in total. The fraction of sp³-hybridized carbons (Fsp3) is 0.630. The molecule has 1 unspecified atom stereocenters. The zero-order chi connectivity index (χ0) is 53.0. The summed E-state index contributed by atoms with van der Waals surface area (Å²) in [7, 11) is 3.28. The summed E-state index contributed by atoms with van der Waals surface area (Å²) in [5.41, 5.74) is -1.27. The molecule has 5 rings (SSSR count). The van der Waals surface area contributed by atoms with Crippen molar-refractivity contribution in [2.24, 2.45) is 5.92 Å². The number of imide groups is 1. The van der Waals surface area contributed by atoms with Gasteiger partial charge in [0, 0.05) is 63.3 Å². The number of methoxy groups -OCH3 is 2. The van der Waals surface area contributed by atoms with Gasteiger partial charge in [-0.15, -0.1) is 5.06 Å². The van der Waals surface area contributed by atoms with Crippen molar-refractivity contribution in [3.05, 3.63) is 46.5 Å². The van der Waals surface area contributed by atoms with Crippen LogP contribution in [0.15, 0.2) is 35.9 Å². The van der Waals surface area contributed by atoms with E-state index in [2.05, 4.69) is 5.32 Å². The van der Waals surface area contributed by atoms with E-state index in [1.807, 2.05) is 26.8 Å². The number of carbonyl (C=O) groups is 7. The van der Waals surface area contributed by atoms with E-state index in [4.69, 9.17) is 40.1 Å². The van der Waals surface area contributed by atoms with Gasteiger partial charge < -0.3 is 43.4 Å². The highest BCUT2D eigenvalue weighted by atomic mass is 35.5. The third kappa shape index (κ3) is 14.0. The van der Waals surface area contributed by atoms with Gasteiger partial charge in [-0.25, -0.2) is 14.4 Å². The molecule has 0 aliphatic carbocycles. The number of benzene rings is 1. The van der Waals surface area contributed by atoms with Crippen molar-refractivity contribution in [2.75, 3.05) is 39.0 Å². The van der Waals surface area contributed by atoms with E-state index < -0.39 is 122 Å². The number of amides is 5. The molecule has 0 spiro atoms. The summed E-state index contributed by atoms with van der Waals surface area (Å²) in [5, 5.41) is 12.6. The molecule has 5 amide bonds. The van der Waals surface area contributed by atoms with Crippen LogP contribution in [-0.4, -0.2) is 156 Å². The molecule has 1 aromatic rings. The van der Waals surface area contributed by atoms with Crippen LogP contribution in [-0.2, 0) is 69.1 Å². The molecule has 71 heavy (non-hydrogen) atoms. The minimum Gasteiger partial charge on any atom is -0.495 e. The standard InChI is InChI=1S/C46H63ClN4O17S3/c1-25-12-11-13-33(64-10)46(59)24-31(65-43(58)48-46)26(2)40-45(6,67-40)34(23-38(55)50(8)29-21-28(20-25)22-30(63-9)39(29)47)66-41(56)27(3)49(7)35(52)16-18-44(4,5)70-69-19-17-32(71(60,61)62)42(57)68-51-36(53)14-15-37(51)54/h11-13,21-22,26-27,31-34,40,59H,14-20,23-24H2,1-10H3,(H,48,58)(H,60,61,62)/t26-,27+,31+,32?,33-,34+,40+,45+,46+/m1/s1. The predicted molar refractivity (Wildman–Crippen MR) is 261 cm³/mol. The third-order valence-corrected chi connectivity index (χ3v) is 17.9. The largest absolute Gasteiger partial charge is 0.495 e. The molecular weight excluding hydrogens is 1010 g/mol. The number of nitrogens with zero attached hydrogens (tertiary/aromatic N) is 3. The predicted octanol–water partition coefficient (Wildman–Crippen LogP) is 4.71. The van der Waals surface area contributed by atoms with E-state index in [1.165, 1.54) is 55.8 Å². The lowest BCUT2D eigenvalue weighted by molar-refractivity contribution is -0.197. The average Bonchev–Trinajstić information content (AvgIpc) is 3.90. The van der Waals surface area contributed by atoms with Gasteiger partial charge in [0.15, 0.2) is 11.0 Å². The van der Waals surface area contributed by atoms with Gasteiger partial charge >= 0.3 is 18.0 Å². The first-order valence-electron chi connectivity index (χ1n) is 22.7. The van der Waals surface area contributed by atoms with Crippen molar-refractivity contribution in [3.63, 3.8) is 0 Å². The lowest BCUT2D eigenvalue weighted by Gasteiger charge is -2.42. The van der Waals surface area contributed by atoms with Gasteiger partial charge in [-0.05, 0) is 71.6 Å². The maximum atomic E-state index is 14.3. The van der Waals surface area contributed by atoms with Crippen molar-refractivity contribution in [1.82, 2.24) is 15.3 Å². The van der Waals surface area contributed by atoms with Crippen LogP contribution in [0.3, 0.4) is 0 Å². The number of hydroxylamine groups is 2. The third-order valence-electron chi connectivity index (χ3n) is 13.0. The quantitative estimate of drug-likeness (QED) is 0.0505. The van der Waals surface area contributed by atoms with Crippen LogP contribution in [0.25, 0.3) is 0 Å². The van der Waals surface area contributed by atoms with Crippen molar-refractivity contribution in [3.8, 4) is 5.75 Å². The van der Waals surface area contributed by atoms with E-state index in [-0.39, 0.29) is 47.9 Å². The Balaban J connectivity index is 1.29. The molecule has 21 nitrogen and oxygen atoms in total. The Morgan fingerprint density at radius 2 is 1.76 bits per heavy atom. The molecule has 3 fully saturated rings. The highest BCUT2D eigenvalue weighted by Gasteiger charge is 2.64. The van der Waals surface area contributed by atoms with Gasteiger partial charge in [0.1, 0.15) is 40.7 Å². The van der Waals surface area contributed by atoms with E-state index in [0.29, 0.717) is 17.9 Å². The van der Waals surface area contributed by atoms with Crippen molar-refractivity contribution >= 4 is 90.7 Å². The number of esters is 1. The number of nitrogens with one attached hydrogen (secondary N) is 1. The molecule has 1 aromatic carbocycles. The number of ether oxygens (including phenoxy) is 5. The Hall–Kier alpha value is -4.43. The van der Waals surface area contributed by atoms with Crippen molar-refractivity contribution in [1.29, 1.82) is 0 Å². The maximum absolute atomic E-state index is 14.3. The summed E-state index contributed by atoms with van der Waals surface area (Å²) in [6, 6.07) is 2.34. The van der Waals surface area contributed by atoms with Gasteiger partial charge in [0.25, 0.3) is 21.9 Å². The van der Waals surface area contributed by atoms with E-state index in [1.54, 1.807) is 38.1 Å². The second-order valence-corrected chi connectivity index (χ2v) is 24.0. The average molecular weight is 1080 g/mol. The molecule has 0 saturated carbocycles. The Morgan fingerprint density at radius 3 is 2.38 bits per heavy atom. The number of alkyl carbamates (subject to hydrolysis) is 1. The SMILES string of the molecule is COc1cc2cc(c1Cl)N(C)C(=O)C[C@H](OC(=O)[C@H](C)N(C)C(=O)CCC(C)(C)SSCCC(C(=O)ON1C(=O)CCC1=O)S(=O)(=O)O)[C@]1(C)O[C@H]1[C@H](C)[C@@H]1C[C@@](O)(NC(=O)O1)[C@H](OC)C=CC=C(C)C2. The molecule has 4 aliphatic rings. The fourth-order valence-corrected chi connectivity index (χ4v) is 12.2. The van der Waals surface area contributed by atoms with Crippen molar-refractivity contribution in [2.45, 2.75) is 145 Å². The van der Waals surface area contributed by atoms with Crippen LogP contribution < -0.4 is 15.0 Å². The van der Waals surface area contributed by atoms with E-state index in [9.17, 15) is 51.6 Å². The molecule has 3 saturated heterocycles. The first-order chi connectivity index (χ1) is 33.0. The van der Waals surface area contributed by atoms with Crippen LogP contribution in [0.5, 0.6) is 5.75 Å². The second kappa shape index (κ2) is 23.2. The number of anilines is 1. The number of rotatable bonds is 16. The Bertz CT molecular complexity index is 2410. The van der Waals surface area contributed by atoms with Crippen LogP contribution in [0.4, 0.5) is 10.5 Å². The Kier molecular flexibility index (Phi) is 18.8. The summed E-state index contributed by atoms with van der Waals surface area (Å²) in [6.45, 7) is 10.4. The lowest BCUT2D eigenvalue weighted by Crippen LogP contribution is -2.63. The number of allylic oxidation sites excluding steroid dienone is 3. The van der Waals surface area contributed by atoms with Crippen LogP contribution in [0.2, 0.25) is 5.02 Å². The number of likely N-dealkylation sites (N-methyl/N-ethyl adjacent to an activating group) is 1. The Labute approximate surface area is 426 Å². The highest BCUT2D eigenvalue weighted by molar-refractivity contribution is 8.77. The van der Waals surface area contributed by atoms with Gasteiger partial charge in [-0.3, -0.25) is 29.0 Å². The molecular formula is C46H63ClN4O17S3. The molecule has 4 bridgehead atoms. The zero-order valence-corrected chi connectivity index (χ0v) is 44.5. The number of hydrogen-bond donors (Lipinski definition) is 3. The van der Waals surface area contributed by atoms with Gasteiger partial charge in [0.05, 0.1) is 25.3 Å². The molecule has 4 heterocycles. The number of epoxide rings is 1. The fourth-order valence-electron chi connectivity index (χ4n) is 8.40. The number of aliphatic hydroxyl groups is 1. The van der Waals surface area contributed by atoms with Gasteiger partial charge in [-0.2, -0.15) is 8.42 Å². The first-order valence-corrected chi connectivity index (χ1v) is 26.9. The molecule has 0 radical (unpaired) electrons. The number of carbonyl (C=O) groups excluding carboxylic acids is 7. The van der Waals surface area contributed by atoms with Gasteiger partial charge in [-0.1, -0.05) is 63.9 Å².